The van der Waals surface area contributed by atoms with Crippen LogP contribution in [0, 0.1) is 0 Å². The molecule has 1 aliphatic heterocycles. The Hall–Kier alpha value is -1.59. The van der Waals surface area contributed by atoms with E-state index in [4.69, 9.17) is 5.73 Å². The highest BCUT2D eigenvalue weighted by Crippen LogP contribution is 2.40. The summed E-state index contributed by atoms with van der Waals surface area (Å²) >= 11 is 1.45. The van der Waals surface area contributed by atoms with E-state index in [1.54, 1.807) is 0 Å². The molecule has 0 radical (unpaired) electrons. The van der Waals surface area contributed by atoms with Crippen molar-refractivity contribution < 1.29 is 5.11 Å². The lowest BCUT2D eigenvalue weighted by Gasteiger charge is -2.36. The summed E-state index contributed by atoms with van der Waals surface area (Å²) in [4.78, 5) is 2.29. The van der Waals surface area contributed by atoms with Crippen LogP contribution in [-0.4, -0.2) is 28.2 Å². The summed E-state index contributed by atoms with van der Waals surface area (Å²) in [7, 11) is 0. The van der Waals surface area contributed by atoms with Gasteiger partial charge in [-0.15, -0.1) is 0 Å². The van der Waals surface area contributed by atoms with Crippen molar-refractivity contribution in [3.05, 3.63) is 30.3 Å². The van der Waals surface area contributed by atoms with Gasteiger partial charge in [-0.05, 0) is 36.9 Å². The molecule has 3 N–H and O–H groups in total. The zero-order chi connectivity index (χ0) is 14.2. The lowest BCUT2D eigenvalue weighted by molar-refractivity contribution is 0.0352. The molecule has 3 rings (SSSR count). The minimum Gasteiger partial charge on any atom is -0.390 e. The molecule has 5 heteroatoms. The maximum absolute atomic E-state index is 10.1. The molecule has 2 heterocycles. The van der Waals surface area contributed by atoms with Gasteiger partial charge in [-0.3, -0.25) is 0 Å². The highest BCUT2D eigenvalue weighted by molar-refractivity contribution is 7.11. The van der Waals surface area contributed by atoms with E-state index in [1.165, 1.54) is 11.5 Å². The molecule has 0 aliphatic carbocycles. The van der Waals surface area contributed by atoms with Crippen molar-refractivity contribution in [2.24, 2.45) is 0 Å². The van der Waals surface area contributed by atoms with Gasteiger partial charge in [0.2, 0.25) is 0 Å². The molecule has 0 saturated carbocycles. The number of aliphatic hydroxyl groups is 1. The van der Waals surface area contributed by atoms with E-state index in [-0.39, 0.29) is 0 Å². The van der Waals surface area contributed by atoms with Gasteiger partial charge < -0.3 is 15.7 Å². The number of hydrogen-bond acceptors (Lipinski definition) is 5. The summed E-state index contributed by atoms with van der Waals surface area (Å²) in [6.45, 7) is 3.59. The average molecular weight is 289 g/mol. The first kappa shape index (κ1) is 13.4. The maximum Gasteiger partial charge on any atom is 0.147 e. The molecule has 2 aromatic rings. The topological polar surface area (TPSA) is 62.4 Å². The van der Waals surface area contributed by atoms with Gasteiger partial charge >= 0.3 is 0 Å². The fourth-order valence-electron chi connectivity index (χ4n) is 2.58. The Labute approximate surface area is 123 Å². The van der Waals surface area contributed by atoms with Gasteiger partial charge in [-0.2, -0.15) is 4.37 Å². The standard InChI is InChI=1S/C15H19N3OS/c1-15(19)7-9-18(10-8-15)14-12(13(16)17-20-14)11-5-3-2-4-6-11/h2-6,19H,7-10H2,1H3,(H2,16,17). The Balaban J connectivity index is 1.92. The number of nitrogen functional groups attached to an aromatic ring is 1. The molecule has 1 aromatic heterocycles. The Bertz CT molecular complexity index is 584. The molecule has 1 saturated heterocycles. The summed E-state index contributed by atoms with van der Waals surface area (Å²) in [6, 6.07) is 10.1. The third-order valence-corrected chi connectivity index (χ3v) is 4.81. The Morgan fingerprint density at radius 1 is 1.25 bits per heavy atom. The third-order valence-electron chi connectivity index (χ3n) is 3.89. The fraction of sp³-hybridized carbons (Fsp3) is 0.400. The predicted octanol–water partition coefficient (Wildman–Crippen LogP) is 2.74. The molecule has 0 unspecified atom stereocenters. The van der Waals surface area contributed by atoms with Gasteiger partial charge in [0.1, 0.15) is 10.8 Å². The monoisotopic (exact) mass is 289 g/mol. The van der Waals surface area contributed by atoms with Gasteiger partial charge in [0.25, 0.3) is 0 Å². The van der Waals surface area contributed by atoms with Gasteiger partial charge in [0.05, 0.1) is 11.2 Å². The number of hydrogen-bond donors (Lipinski definition) is 2. The molecule has 106 valence electrons. The van der Waals surface area contributed by atoms with Crippen molar-refractivity contribution in [1.29, 1.82) is 0 Å². The van der Waals surface area contributed by atoms with Crippen LogP contribution in [0.2, 0.25) is 0 Å². The van der Waals surface area contributed by atoms with E-state index >= 15 is 0 Å². The second-order valence-corrected chi connectivity index (χ2v) is 6.35. The largest absolute Gasteiger partial charge is 0.390 e. The highest BCUT2D eigenvalue weighted by atomic mass is 32.1. The molecule has 1 fully saturated rings. The number of anilines is 2. The van der Waals surface area contributed by atoms with Gasteiger partial charge in [-0.25, -0.2) is 0 Å². The first-order valence-electron chi connectivity index (χ1n) is 6.85. The van der Waals surface area contributed by atoms with E-state index in [0.717, 1.165) is 42.1 Å². The second kappa shape index (κ2) is 5.07. The quantitative estimate of drug-likeness (QED) is 0.892. The van der Waals surface area contributed by atoms with Gasteiger partial charge in [0, 0.05) is 13.1 Å². The van der Waals surface area contributed by atoms with Crippen LogP contribution in [0.3, 0.4) is 0 Å². The van der Waals surface area contributed by atoms with Crippen molar-refractivity contribution >= 4 is 22.4 Å². The molecule has 20 heavy (non-hydrogen) atoms. The summed E-state index contributed by atoms with van der Waals surface area (Å²) < 4.78 is 4.32. The summed E-state index contributed by atoms with van der Waals surface area (Å²) in [5, 5.41) is 11.2. The van der Waals surface area contributed by atoms with E-state index in [1.807, 2.05) is 25.1 Å². The van der Waals surface area contributed by atoms with Crippen LogP contribution in [0.25, 0.3) is 11.1 Å². The van der Waals surface area contributed by atoms with Crippen molar-refractivity contribution in [2.75, 3.05) is 23.7 Å². The minimum atomic E-state index is -0.542. The Morgan fingerprint density at radius 2 is 1.90 bits per heavy atom. The van der Waals surface area contributed by atoms with Crippen LogP contribution in [0.15, 0.2) is 30.3 Å². The fourth-order valence-corrected chi connectivity index (χ4v) is 3.46. The molecule has 0 atom stereocenters. The van der Waals surface area contributed by atoms with Crippen LogP contribution >= 0.6 is 11.5 Å². The summed E-state index contributed by atoms with van der Waals surface area (Å²) in [5.74, 6) is 0.591. The first-order valence-corrected chi connectivity index (χ1v) is 7.62. The van der Waals surface area contributed by atoms with Crippen LogP contribution < -0.4 is 10.6 Å². The SMILES string of the molecule is CC1(O)CCN(c2snc(N)c2-c2ccccc2)CC1. The van der Waals surface area contributed by atoms with Crippen LogP contribution in [0.1, 0.15) is 19.8 Å². The van der Waals surface area contributed by atoms with Crippen LogP contribution in [0.4, 0.5) is 10.8 Å². The molecular formula is C15H19N3OS. The highest BCUT2D eigenvalue weighted by Gasteiger charge is 2.29. The zero-order valence-electron chi connectivity index (χ0n) is 11.5. The second-order valence-electron chi connectivity index (χ2n) is 5.60. The van der Waals surface area contributed by atoms with E-state index in [0.29, 0.717) is 5.82 Å². The normalized spacial score (nSPS) is 18.2. The van der Waals surface area contributed by atoms with Gasteiger partial charge in [-0.1, -0.05) is 30.3 Å². The average Bonchev–Trinajstić information content (AvgIpc) is 2.82. The molecule has 4 nitrogen and oxygen atoms in total. The molecule has 0 spiro atoms. The number of nitrogens with zero attached hydrogens (tertiary/aromatic N) is 2. The number of aromatic nitrogens is 1. The smallest absolute Gasteiger partial charge is 0.147 e. The Morgan fingerprint density at radius 3 is 2.55 bits per heavy atom. The zero-order valence-corrected chi connectivity index (χ0v) is 12.4. The lowest BCUT2D eigenvalue weighted by Crippen LogP contribution is -2.42. The van der Waals surface area contributed by atoms with E-state index < -0.39 is 5.60 Å². The van der Waals surface area contributed by atoms with E-state index in [9.17, 15) is 5.11 Å². The Kier molecular flexibility index (Phi) is 3.40. The lowest BCUT2D eigenvalue weighted by atomic mass is 9.93. The van der Waals surface area contributed by atoms with Crippen molar-refractivity contribution in [3.8, 4) is 11.1 Å². The molecule has 1 aliphatic rings. The molecule has 0 bridgehead atoms. The predicted molar refractivity (Wildman–Crippen MR) is 84.0 cm³/mol. The maximum atomic E-state index is 10.1. The van der Waals surface area contributed by atoms with Crippen LogP contribution in [0.5, 0.6) is 0 Å². The third kappa shape index (κ3) is 2.51. The summed E-state index contributed by atoms with van der Waals surface area (Å²) in [6.07, 6.45) is 1.55. The van der Waals surface area contributed by atoms with E-state index in [2.05, 4.69) is 21.4 Å². The molecular weight excluding hydrogens is 270 g/mol. The van der Waals surface area contributed by atoms with Gasteiger partial charge in [0.15, 0.2) is 0 Å². The number of benzene rings is 1. The minimum absolute atomic E-state index is 0.542. The first-order chi connectivity index (χ1) is 9.57. The summed E-state index contributed by atoms with van der Waals surface area (Å²) in [5.41, 5.74) is 7.64. The van der Waals surface area contributed by atoms with Crippen molar-refractivity contribution in [1.82, 2.24) is 4.37 Å². The van der Waals surface area contributed by atoms with Crippen LogP contribution in [-0.2, 0) is 0 Å². The molecule has 1 aromatic carbocycles. The number of piperidine rings is 1. The molecule has 0 amide bonds. The van der Waals surface area contributed by atoms with Crippen molar-refractivity contribution in [3.63, 3.8) is 0 Å². The van der Waals surface area contributed by atoms with Crippen molar-refractivity contribution in [2.45, 2.75) is 25.4 Å². The number of rotatable bonds is 2. The number of nitrogens with two attached hydrogens (primary N) is 1.